The molecule has 5 atom stereocenters. The smallest absolute Gasteiger partial charge is 0.0988 e. The molecule has 0 aromatic heterocycles. The largest absolute Gasteiger partial charge is 0.385 e. The van der Waals surface area contributed by atoms with Crippen LogP contribution >= 0.6 is 0 Å². The van der Waals surface area contributed by atoms with Gasteiger partial charge in [-0.05, 0) is 88.1 Å². The molecule has 1 aromatic carbocycles. The molecule has 0 bridgehead atoms. The minimum atomic E-state index is -0.377. The molecular weight excluding hydrogens is 494 g/mol. The topological polar surface area (TPSA) is 86.3 Å². The van der Waals surface area contributed by atoms with Gasteiger partial charge in [-0.3, -0.25) is 0 Å². The van der Waals surface area contributed by atoms with Crippen molar-refractivity contribution in [1.82, 2.24) is 15.5 Å². The second kappa shape index (κ2) is 13.0. The summed E-state index contributed by atoms with van der Waals surface area (Å²) in [7, 11) is 0. The highest BCUT2D eigenvalue weighted by Crippen LogP contribution is 2.49. The maximum atomic E-state index is 9.14. The zero-order valence-corrected chi connectivity index (χ0v) is 24.6. The van der Waals surface area contributed by atoms with Crippen LogP contribution in [-0.2, 0) is 10.3 Å². The fourth-order valence-corrected chi connectivity index (χ4v) is 7.82. The van der Waals surface area contributed by atoms with E-state index in [1.807, 2.05) is 18.2 Å². The van der Waals surface area contributed by atoms with E-state index in [2.05, 4.69) is 71.9 Å². The molecule has 5 rings (SSSR count). The first-order valence-electron chi connectivity index (χ1n) is 15.6. The average molecular weight is 544 g/mol. The van der Waals surface area contributed by atoms with Crippen LogP contribution in [0.5, 0.6) is 0 Å². The molecule has 1 saturated carbocycles. The second-order valence-corrected chi connectivity index (χ2v) is 12.7. The Balaban J connectivity index is 1.20. The van der Waals surface area contributed by atoms with E-state index in [-0.39, 0.29) is 23.2 Å². The molecule has 0 amide bonds. The van der Waals surface area contributed by atoms with E-state index in [4.69, 9.17) is 15.7 Å². The first-order chi connectivity index (χ1) is 19.5. The van der Waals surface area contributed by atoms with Crippen molar-refractivity contribution in [1.29, 1.82) is 5.26 Å². The molecule has 4 aliphatic rings. The van der Waals surface area contributed by atoms with Gasteiger partial charge in [0.1, 0.15) is 0 Å². The van der Waals surface area contributed by atoms with Gasteiger partial charge in [-0.25, -0.2) is 0 Å². The molecule has 40 heavy (non-hydrogen) atoms. The first-order valence-corrected chi connectivity index (χ1v) is 15.6. The number of nitrogens with zero attached hydrogens (tertiary/aromatic N) is 2. The van der Waals surface area contributed by atoms with Crippen molar-refractivity contribution in [3.63, 3.8) is 0 Å². The SMILES string of the molecule is CCOC1CCCCC12CC(N)(c1ccccc1)C(C1CCN(CC(C)CNC3=CCC=C(C#N)C=C3)CC1)N2. The number of allylic oxidation sites excluding steroid dienone is 5. The lowest BCUT2D eigenvalue weighted by molar-refractivity contribution is -0.0318. The lowest BCUT2D eigenvalue weighted by Gasteiger charge is -2.43. The zero-order valence-electron chi connectivity index (χ0n) is 24.6. The summed E-state index contributed by atoms with van der Waals surface area (Å²) in [5.74, 6) is 1.10. The molecule has 1 aromatic rings. The molecule has 2 aliphatic heterocycles. The summed E-state index contributed by atoms with van der Waals surface area (Å²) >= 11 is 0. The molecule has 6 nitrogen and oxygen atoms in total. The van der Waals surface area contributed by atoms with E-state index in [9.17, 15) is 0 Å². The molecule has 6 heteroatoms. The summed E-state index contributed by atoms with van der Waals surface area (Å²) in [5, 5.41) is 16.9. The number of nitriles is 1. The van der Waals surface area contributed by atoms with Gasteiger partial charge in [-0.15, -0.1) is 0 Å². The average Bonchev–Trinajstić information content (AvgIpc) is 3.11. The van der Waals surface area contributed by atoms with Crippen LogP contribution in [0.1, 0.15) is 70.8 Å². The predicted molar refractivity (Wildman–Crippen MR) is 162 cm³/mol. The third-order valence-corrected chi connectivity index (χ3v) is 9.82. The third kappa shape index (κ3) is 6.39. The lowest BCUT2D eigenvalue weighted by Crippen LogP contribution is -2.58. The maximum Gasteiger partial charge on any atom is 0.0988 e. The van der Waals surface area contributed by atoms with Crippen LogP contribution in [0.15, 0.2) is 65.9 Å². The molecule has 3 fully saturated rings. The minimum absolute atomic E-state index is 0.0223. The number of hydrogen-bond acceptors (Lipinski definition) is 6. The maximum absolute atomic E-state index is 9.14. The van der Waals surface area contributed by atoms with Crippen molar-refractivity contribution >= 4 is 0 Å². The van der Waals surface area contributed by atoms with Crippen LogP contribution in [0.2, 0.25) is 0 Å². The van der Waals surface area contributed by atoms with Crippen molar-refractivity contribution in [3.05, 3.63) is 71.5 Å². The minimum Gasteiger partial charge on any atom is -0.385 e. The molecule has 5 unspecified atom stereocenters. The quantitative estimate of drug-likeness (QED) is 0.399. The Morgan fingerprint density at radius 3 is 2.70 bits per heavy atom. The Kier molecular flexibility index (Phi) is 9.48. The van der Waals surface area contributed by atoms with Crippen LogP contribution in [0.4, 0.5) is 0 Å². The van der Waals surface area contributed by atoms with E-state index < -0.39 is 0 Å². The van der Waals surface area contributed by atoms with Gasteiger partial charge in [0.2, 0.25) is 0 Å². The van der Waals surface area contributed by atoms with E-state index in [1.54, 1.807) is 0 Å². The van der Waals surface area contributed by atoms with E-state index in [0.29, 0.717) is 11.8 Å². The van der Waals surface area contributed by atoms with Crippen LogP contribution in [0.25, 0.3) is 0 Å². The number of ether oxygens (including phenoxy) is 1. The molecule has 2 heterocycles. The van der Waals surface area contributed by atoms with Crippen LogP contribution in [-0.4, -0.2) is 55.4 Å². The highest BCUT2D eigenvalue weighted by molar-refractivity contribution is 5.39. The monoisotopic (exact) mass is 543 g/mol. The first kappa shape index (κ1) is 29.1. The van der Waals surface area contributed by atoms with Crippen LogP contribution in [0, 0.1) is 23.2 Å². The number of nitrogens with two attached hydrogens (primary N) is 1. The van der Waals surface area contributed by atoms with Gasteiger partial charge in [-0.1, -0.05) is 62.2 Å². The van der Waals surface area contributed by atoms with Gasteiger partial charge >= 0.3 is 0 Å². The summed E-state index contributed by atoms with van der Waals surface area (Å²) in [4.78, 5) is 2.64. The summed E-state index contributed by atoms with van der Waals surface area (Å²) < 4.78 is 6.37. The highest BCUT2D eigenvalue weighted by Gasteiger charge is 2.58. The summed E-state index contributed by atoms with van der Waals surface area (Å²) in [6, 6.07) is 13.4. The Hall–Kier alpha value is -2.43. The third-order valence-electron chi connectivity index (χ3n) is 9.82. The molecule has 4 N–H and O–H groups in total. The number of nitrogens with one attached hydrogen (secondary N) is 2. The van der Waals surface area contributed by atoms with Crippen molar-refractivity contribution < 1.29 is 4.74 Å². The number of rotatable bonds is 9. The zero-order chi connectivity index (χ0) is 28.0. The normalized spacial score (nSPS) is 32.2. The fourth-order valence-electron chi connectivity index (χ4n) is 7.82. The molecule has 216 valence electrons. The number of benzene rings is 1. The predicted octanol–water partition coefficient (Wildman–Crippen LogP) is 5.15. The Morgan fingerprint density at radius 2 is 1.95 bits per heavy atom. The Morgan fingerprint density at radius 1 is 1.15 bits per heavy atom. The van der Waals surface area contributed by atoms with Gasteiger partial charge < -0.3 is 26.0 Å². The van der Waals surface area contributed by atoms with Crippen molar-refractivity contribution in [2.24, 2.45) is 17.6 Å². The molecular formula is C34H49N5O. The van der Waals surface area contributed by atoms with Gasteiger partial charge in [0.15, 0.2) is 0 Å². The highest BCUT2D eigenvalue weighted by atomic mass is 16.5. The van der Waals surface area contributed by atoms with Gasteiger partial charge in [0, 0.05) is 42.5 Å². The van der Waals surface area contributed by atoms with Crippen LogP contribution in [0.3, 0.4) is 0 Å². The molecule has 2 aliphatic carbocycles. The molecule has 2 saturated heterocycles. The number of piperidine rings is 1. The number of hydrogen-bond donors (Lipinski definition) is 3. The summed E-state index contributed by atoms with van der Waals surface area (Å²) in [6.07, 6.45) is 17.2. The fraction of sp³-hybridized carbons (Fsp3) is 0.618. The molecule has 1 spiro atoms. The second-order valence-electron chi connectivity index (χ2n) is 12.7. The Labute approximate surface area is 241 Å². The van der Waals surface area contributed by atoms with Gasteiger partial charge in [0.05, 0.1) is 17.7 Å². The van der Waals surface area contributed by atoms with Crippen LogP contribution < -0.4 is 16.4 Å². The molecule has 0 radical (unpaired) electrons. The van der Waals surface area contributed by atoms with E-state index >= 15 is 0 Å². The van der Waals surface area contributed by atoms with Gasteiger partial charge in [0.25, 0.3) is 0 Å². The van der Waals surface area contributed by atoms with Crippen molar-refractivity contribution in [3.8, 4) is 6.07 Å². The summed E-state index contributed by atoms with van der Waals surface area (Å²) in [6.45, 7) is 9.50. The number of likely N-dealkylation sites (tertiary alicyclic amines) is 1. The van der Waals surface area contributed by atoms with Gasteiger partial charge in [-0.2, -0.15) is 5.26 Å². The Bertz CT molecular complexity index is 1110. The van der Waals surface area contributed by atoms with E-state index in [0.717, 1.165) is 69.7 Å². The van der Waals surface area contributed by atoms with E-state index in [1.165, 1.54) is 31.2 Å². The van der Waals surface area contributed by atoms with Crippen molar-refractivity contribution in [2.45, 2.75) is 88.4 Å². The lowest BCUT2D eigenvalue weighted by atomic mass is 9.70. The standard InChI is InChI=1S/C34H49N5O/c1-3-40-31-14-7-8-19-33(31)25-34(36,29-11-5-4-6-12-29)32(38-33)28-17-20-39(21-18-28)24-26(2)23-37-30-13-9-10-27(22-35)15-16-30/h4-6,10-13,15-16,26,28,31-32,37-38H,3,7-9,14,17-21,23-25,36H2,1-2H3. The summed E-state index contributed by atoms with van der Waals surface area (Å²) in [5.41, 5.74) is 10.2. The van der Waals surface area contributed by atoms with Crippen molar-refractivity contribution in [2.75, 3.05) is 32.8 Å².